The van der Waals surface area contributed by atoms with Gasteiger partial charge in [0.2, 0.25) is 0 Å². The van der Waals surface area contributed by atoms with Gasteiger partial charge >= 0.3 is 0 Å². The largest absolute Gasteiger partial charge is 0.344 e. The van der Waals surface area contributed by atoms with Crippen LogP contribution in [0.15, 0.2) is 37.1 Å². The molecule has 3 nitrogen and oxygen atoms in total. The predicted octanol–water partition coefficient (Wildman–Crippen LogP) is 4.30. The normalized spacial score (nSPS) is 11.4. The number of aromatic nitrogens is 3. The first-order chi connectivity index (χ1) is 9.58. The van der Waals surface area contributed by atoms with Crippen LogP contribution in [0.3, 0.4) is 0 Å². The predicted molar refractivity (Wildman–Crippen MR) is 82.8 cm³/mol. The van der Waals surface area contributed by atoms with Crippen molar-refractivity contribution in [3.8, 4) is 11.1 Å². The quantitative estimate of drug-likeness (QED) is 0.691. The fraction of sp³-hybridized carbons (Fsp3) is 0.294. The van der Waals surface area contributed by atoms with Crippen LogP contribution in [-0.4, -0.2) is 14.5 Å². The van der Waals surface area contributed by atoms with Gasteiger partial charge in [-0.25, -0.2) is 9.97 Å². The molecule has 1 aromatic carbocycles. The van der Waals surface area contributed by atoms with E-state index in [-0.39, 0.29) is 0 Å². The van der Waals surface area contributed by atoms with Crippen molar-refractivity contribution in [3.63, 3.8) is 0 Å². The van der Waals surface area contributed by atoms with Crippen LogP contribution in [0.25, 0.3) is 22.0 Å². The van der Waals surface area contributed by atoms with Gasteiger partial charge in [0.05, 0.1) is 5.52 Å². The molecule has 0 bridgehead atoms. The lowest BCUT2D eigenvalue weighted by Gasteiger charge is -2.13. The summed E-state index contributed by atoms with van der Waals surface area (Å²) >= 11 is 0. The number of aryl methyl sites for hydroxylation is 2. The van der Waals surface area contributed by atoms with Gasteiger partial charge in [0.15, 0.2) is 0 Å². The van der Waals surface area contributed by atoms with Crippen molar-refractivity contribution in [2.75, 3.05) is 0 Å². The molecule has 0 amide bonds. The molecule has 0 fully saturated rings. The molecule has 0 spiro atoms. The SMILES string of the molecule is Cc1cc(-c2cncnc2)c2c(c1)c(C)cn2C(C)C. The van der Waals surface area contributed by atoms with Gasteiger partial charge in [0, 0.05) is 41.1 Å². The lowest BCUT2D eigenvalue weighted by atomic mass is 10.0. The van der Waals surface area contributed by atoms with Crippen molar-refractivity contribution in [1.29, 1.82) is 0 Å². The Morgan fingerprint density at radius 3 is 2.40 bits per heavy atom. The number of benzene rings is 1. The van der Waals surface area contributed by atoms with Crippen LogP contribution in [0.4, 0.5) is 0 Å². The Labute approximate surface area is 119 Å². The smallest absolute Gasteiger partial charge is 0.115 e. The van der Waals surface area contributed by atoms with Gasteiger partial charge in [-0.05, 0) is 51.0 Å². The molecule has 3 rings (SSSR count). The molecule has 2 heterocycles. The number of nitrogens with zero attached hydrogens (tertiary/aromatic N) is 3. The van der Waals surface area contributed by atoms with E-state index < -0.39 is 0 Å². The summed E-state index contributed by atoms with van der Waals surface area (Å²) in [5.41, 5.74) is 6.14. The van der Waals surface area contributed by atoms with Crippen molar-refractivity contribution in [1.82, 2.24) is 14.5 Å². The molecule has 0 saturated heterocycles. The van der Waals surface area contributed by atoms with E-state index in [0.29, 0.717) is 6.04 Å². The second-order valence-corrected chi connectivity index (χ2v) is 5.65. The molecule has 0 N–H and O–H groups in total. The molecule has 0 radical (unpaired) electrons. The first-order valence-electron chi connectivity index (χ1n) is 6.95. The highest BCUT2D eigenvalue weighted by Crippen LogP contribution is 2.34. The summed E-state index contributed by atoms with van der Waals surface area (Å²) in [5.74, 6) is 0. The molecule has 102 valence electrons. The fourth-order valence-corrected chi connectivity index (χ4v) is 2.77. The molecule has 20 heavy (non-hydrogen) atoms. The zero-order chi connectivity index (χ0) is 14.3. The Morgan fingerprint density at radius 2 is 1.75 bits per heavy atom. The minimum Gasteiger partial charge on any atom is -0.344 e. The molecule has 2 aromatic heterocycles. The van der Waals surface area contributed by atoms with Crippen molar-refractivity contribution in [2.24, 2.45) is 0 Å². The summed E-state index contributed by atoms with van der Waals surface area (Å²) in [7, 11) is 0. The third kappa shape index (κ3) is 1.99. The zero-order valence-electron chi connectivity index (χ0n) is 12.4. The molecule has 3 aromatic rings. The Hall–Kier alpha value is -2.16. The van der Waals surface area contributed by atoms with Crippen LogP contribution < -0.4 is 0 Å². The summed E-state index contributed by atoms with van der Waals surface area (Å²) in [6.07, 6.45) is 7.58. The number of hydrogen-bond acceptors (Lipinski definition) is 2. The van der Waals surface area contributed by atoms with E-state index in [0.717, 1.165) is 5.56 Å². The van der Waals surface area contributed by atoms with Crippen molar-refractivity contribution >= 4 is 10.9 Å². The zero-order valence-corrected chi connectivity index (χ0v) is 12.4. The molecule has 0 aliphatic heterocycles. The van der Waals surface area contributed by atoms with Crippen molar-refractivity contribution < 1.29 is 0 Å². The molecular formula is C17H19N3. The van der Waals surface area contributed by atoms with Crippen LogP contribution >= 0.6 is 0 Å². The molecule has 0 unspecified atom stereocenters. The summed E-state index contributed by atoms with van der Waals surface area (Å²) in [6.45, 7) is 8.73. The Balaban J connectivity index is 2.41. The molecule has 0 saturated carbocycles. The second-order valence-electron chi connectivity index (χ2n) is 5.65. The monoisotopic (exact) mass is 265 g/mol. The third-order valence-electron chi connectivity index (χ3n) is 3.70. The van der Waals surface area contributed by atoms with E-state index >= 15 is 0 Å². The van der Waals surface area contributed by atoms with Gasteiger partial charge in [0.25, 0.3) is 0 Å². The lowest BCUT2D eigenvalue weighted by Crippen LogP contribution is -2.00. The molecule has 0 aliphatic rings. The third-order valence-corrected chi connectivity index (χ3v) is 3.70. The summed E-state index contributed by atoms with van der Waals surface area (Å²) in [6, 6.07) is 4.91. The number of hydrogen-bond donors (Lipinski definition) is 0. The van der Waals surface area contributed by atoms with E-state index in [4.69, 9.17) is 0 Å². The summed E-state index contributed by atoms with van der Waals surface area (Å²) in [4.78, 5) is 8.32. The highest BCUT2D eigenvalue weighted by atomic mass is 15.0. The van der Waals surface area contributed by atoms with E-state index in [2.05, 4.69) is 60.6 Å². The summed E-state index contributed by atoms with van der Waals surface area (Å²) in [5, 5.41) is 1.32. The second kappa shape index (κ2) is 4.75. The average Bonchev–Trinajstić information content (AvgIpc) is 2.77. The lowest BCUT2D eigenvalue weighted by molar-refractivity contribution is 0.622. The van der Waals surface area contributed by atoms with Gasteiger partial charge < -0.3 is 4.57 Å². The number of fused-ring (bicyclic) bond motifs is 1. The molecule has 3 heteroatoms. The first-order valence-corrected chi connectivity index (χ1v) is 6.95. The Kier molecular flexibility index (Phi) is 3.05. The van der Waals surface area contributed by atoms with Crippen molar-refractivity contribution in [2.45, 2.75) is 33.7 Å². The topological polar surface area (TPSA) is 30.7 Å². The van der Waals surface area contributed by atoms with Gasteiger partial charge in [-0.1, -0.05) is 0 Å². The molecular weight excluding hydrogens is 246 g/mol. The first kappa shape index (κ1) is 12.9. The number of rotatable bonds is 2. The van der Waals surface area contributed by atoms with Crippen LogP contribution in [0.1, 0.15) is 31.0 Å². The van der Waals surface area contributed by atoms with Crippen LogP contribution in [0.2, 0.25) is 0 Å². The Bertz CT molecular complexity index is 755. The van der Waals surface area contributed by atoms with E-state index in [1.165, 1.54) is 27.6 Å². The minimum atomic E-state index is 0.428. The van der Waals surface area contributed by atoms with E-state index in [1.807, 2.05) is 12.4 Å². The highest BCUT2D eigenvalue weighted by Gasteiger charge is 2.14. The molecule has 0 atom stereocenters. The molecule has 0 aliphatic carbocycles. The van der Waals surface area contributed by atoms with Crippen LogP contribution in [0.5, 0.6) is 0 Å². The van der Waals surface area contributed by atoms with E-state index in [9.17, 15) is 0 Å². The van der Waals surface area contributed by atoms with Gasteiger partial charge in [-0.3, -0.25) is 0 Å². The van der Waals surface area contributed by atoms with Crippen molar-refractivity contribution in [3.05, 3.63) is 48.2 Å². The minimum absolute atomic E-state index is 0.428. The fourth-order valence-electron chi connectivity index (χ4n) is 2.77. The van der Waals surface area contributed by atoms with Crippen LogP contribution in [-0.2, 0) is 0 Å². The van der Waals surface area contributed by atoms with Gasteiger partial charge in [-0.2, -0.15) is 0 Å². The Morgan fingerprint density at radius 1 is 1.05 bits per heavy atom. The van der Waals surface area contributed by atoms with Gasteiger partial charge in [-0.15, -0.1) is 0 Å². The standard InChI is InChI=1S/C17H19N3/c1-11(2)20-9-13(4)15-5-12(3)6-16(17(15)20)14-7-18-10-19-8-14/h5-11H,1-4H3. The maximum Gasteiger partial charge on any atom is 0.115 e. The van der Waals surface area contributed by atoms with Gasteiger partial charge in [0.1, 0.15) is 6.33 Å². The highest BCUT2D eigenvalue weighted by molar-refractivity contribution is 5.97. The maximum absolute atomic E-state index is 4.16. The van der Waals surface area contributed by atoms with E-state index in [1.54, 1.807) is 6.33 Å². The average molecular weight is 265 g/mol. The maximum atomic E-state index is 4.16. The van der Waals surface area contributed by atoms with Crippen LogP contribution in [0, 0.1) is 13.8 Å². The summed E-state index contributed by atoms with van der Waals surface area (Å²) < 4.78 is 2.34.